The summed E-state index contributed by atoms with van der Waals surface area (Å²) in [5.74, 6) is -71.4. The summed E-state index contributed by atoms with van der Waals surface area (Å²) in [4.78, 5) is 0. The van der Waals surface area contributed by atoms with Crippen LogP contribution in [0.2, 0.25) is 0 Å². The molecule has 0 atom stereocenters. The van der Waals surface area contributed by atoms with Crippen LogP contribution in [-0.4, -0.2) is 85.0 Å². The van der Waals surface area contributed by atoms with Crippen molar-refractivity contribution in [3.8, 4) is 0 Å². The van der Waals surface area contributed by atoms with Gasteiger partial charge in [0.05, 0.1) is 13.2 Å². The average Bonchev–Trinajstić information content (AvgIpc) is 3.10. The summed E-state index contributed by atoms with van der Waals surface area (Å²) in [6.45, 7) is 1.38. The van der Waals surface area contributed by atoms with Crippen LogP contribution < -0.4 is 21.9 Å². The van der Waals surface area contributed by atoms with Crippen molar-refractivity contribution in [2.45, 2.75) is 0 Å². The topological polar surface area (TPSA) is 18.5 Å². The maximum atomic E-state index is 15.4. The predicted molar refractivity (Wildman–Crippen MR) is 140 cm³/mol. The minimum atomic E-state index is -7.22. The monoisotopic (exact) mass is 809 g/mol. The Kier molecular flexibility index (Phi) is 14.8. The Hall–Kier alpha value is -2.90. The number of ether oxygens (including phenoxy) is 2. The molecule has 4 aromatic carbocycles. The normalized spacial score (nSPS) is 11.4. The molecule has 280 valence electrons. The third-order valence-corrected chi connectivity index (χ3v) is 7.20. The van der Waals surface area contributed by atoms with Gasteiger partial charge in [-0.25, -0.2) is 87.8 Å². The molecule has 0 aliphatic rings. The van der Waals surface area contributed by atoms with Crippen LogP contribution >= 0.6 is 0 Å². The van der Waals surface area contributed by atoms with Crippen molar-refractivity contribution in [2.75, 3.05) is 27.4 Å². The first kappa shape index (κ1) is 45.3. The molecule has 4 aromatic rings. The van der Waals surface area contributed by atoms with Crippen LogP contribution in [0.4, 0.5) is 87.8 Å². The Labute approximate surface area is 318 Å². The van der Waals surface area contributed by atoms with Gasteiger partial charge in [-0.3, -0.25) is 0 Å². The fraction of sp³-hybridized carbons (Fsp3) is 0.143. The van der Waals surface area contributed by atoms with E-state index in [0.29, 0.717) is 13.2 Å². The van der Waals surface area contributed by atoms with E-state index in [0.717, 1.165) is 0 Å². The standard InChI is InChI=1S/C24BF20.C4H10O2.K.H/c26-5-1(6(27)14(35)21(42)13(5)34)25(2-7(28)15(36)22(43)16(37)8(2)29,3-9(30)17(38)23(44)18(39)10(3)31)4-11(32)19(40)24(45)20(41)12(4)33;1-5-3-4-6-2;;/h;3-4H2,1-2H3;;/q-1;;;. The second-order valence-electron chi connectivity index (χ2n) is 9.79. The first-order chi connectivity index (χ1) is 23.6. The van der Waals surface area contributed by atoms with Crippen molar-refractivity contribution in [3.63, 3.8) is 0 Å². The molecule has 52 heavy (non-hydrogen) atoms. The van der Waals surface area contributed by atoms with Crippen LogP contribution in [-0.2, 0) is 9.47 Å². The number of hydrogen-bond acceptors (Lipinski definition) is 2. The van der Waals surface area contributed by atoms with Gasteiger partial charge in [-0.1, -0.05) is 0 Å². The second kappa shape index (κ2) is 17.1. The van der Waals surface area contributed by atoms with Crippen molar-refractivity contribution in [1.29, 1.82) is 0 Å². The number of benzene rings is 4. The fourth-order valence-electron chi connectivity index (χ4n) is 5.04. The second-order valence-corrected chi connectivity index (χ2v) is 9.79. The summed E-state index contributed by atoms with van der Waals surface area (Å²) in [6.07, 6.45) is -7.22. The molecule has 0 aliphatic heterocycles. The molecule has 0 unspecified atom stereocenters. The first-order valence-electron chi connectivity index (χ1n) is 12.8. The molecule has 0 fully saturated rings. The van der Waals surface area contributed by atoms with Crippen molar-refractivity contribution in [2.24, 2.45) is 0 Å². The summed E-state index contributed by atoms with van der Waals surface area (Å²) < 4.78 is 303. The van der Waals surface area contributed by atoms with Crippen LogP contribution in [0.5, 0.6) is 0 Å². The molecule has 2 nitrogen and oxygen atoms in total. The minimum absolute atomic E-state index is 0. The zero-order chi connectivity index (χ0) is 39.2. The molecular formula is C28H11BF20KO2-. The molecule has 4 rings (SSSR count). The molecule has 0 heterocycles. The van der Waals surface area contributed by atoms with Gasteiger partial charge in [0.15, 0.2) is 69.8 Å². The van der Waals surface area contributed by atoms with Crippen molar-refractivity contribution in [1.82, 2.24) is 0 Å². The van der Waals surface area contributed by atoms with E-state index in [1.807, 2.05) is 0 Å². The third-order valence-electron chi connectivity index (χ3n) is 7.20. The van der Waals surface area contributed by atoms with E-state index in [9.17, 15) is 52.7 Å². The molecular weight excluding hydrogens is 798 g/mol. The molecule has 0 bridgehead atoms. The molecule has 0 spiro atoms. The Morgan fingerprint density at radius 3 is 0.500 bits per heavy atom. The zero-order valence-corrected chi connectivity index (χ0v) is 24.4. The van der Waals surface area contributed by atoms with Crippen LogP contribution in [0.15, 0.2) is 0 Å². The third kappa shape index (κ3) is 6.94. The number of halogens is 20. The zero-order valence-electron chi connectivity index (χ0n) is 24.4. The van der Waals surface area contributed by atoms with E-state index >= 15 is 35.1 Å². The van der Waals surface area contributed by atoms with Gasteiger partial charge in [-0.2, -0.15) is 0 Å². The van der Waals surface area contributed by atoms with E-state index in [-0.39, 0.29) is 51.4 Å². The van der Waals surface area contributed by atoms with E-state index in [2.05, 4.69) is 9.47 Å². The first-order valence-corrected chi connectivity index (χ1v) is 12.8. The summed E-state index contributed by atoms with van der Waals surface area (Å²) in [5, 5.41) is 0. The van der Waals surface area contributed by atoms with Crippen LogP contribution in [0.3, 0.4) is 0 Å². The van der Waals surface area contributed by atoms with Gasteiger partial charge in [0, 0.05) is 14.2 Å². The van der Waals surface area contributed by atoms with Gasteiger partial charge in [-0.15, -0.1) is 21.9 Å². The van der Waals surface area contributed by atoms with Crippen molar-refractivity contribution >= 4 is 79.4 Å². The summed E-state index contributed by atoms with van der Waals surface area (Å²) in [7, 11) is 3.30. The van der Waals surface area contributed by atoms with Crippen molar-refractivity contribution < 1.29 is 97.3 Å². The molecule has 0 aromatic heterocycles. The van der Waals surface area contributed by atoms with Gasteiger partial charge in [-0.05, 0) is 0 Å². The van der Waals surface area contributed by atoms with Gasteiger partial charge in [0.1, 0.15) is 52.7 Å². The Balaban J connectivity index is 0.00000123. The van der Waals surface area contributed by atoms with Gasteiger partial charge < -0.3 is 9.47 Å². The van der Waals surface area contributed by atoms with E-state index in [4.69, 9.17) is 0 Å². The van der Waals surface area contributed by atoms with E-state index in [1.54, 1.807) is 14.2 Å². The van der Waals surface area contributed by atoms with Crippen LogP contribution in [0.1, 0.15) is 0 Å². The molecule has 0 saturated carbocycles. The van der Waals surface area contributed by atoms with E-state index in [1.165, 1.54) is 0 Å². The summed E-state index contributed by atoms with van der Waals surface area (Å²) >= 11 is 0. The van der Waals surface area contributed by atoms with Crippen LogP contribution in [0, 0.1) is 116 Å². The quantitative estimate of drug-likeness (QED) is 0.0811. The molecule has 0 aliphatic carbocycles. The fourth-order valence-corrected chi connectivity index (χ4v) is 5.04. The number of hydrogen-bond donors (Lipinski definition) is 0. The van der Waals surface area contributed by atoms with Gasteiger partial charge in [0.2, 0.25) is 0 Å². The Morgan fingerprint density at radius 2 is 0.385 bits per heavy atom. The average molecular weight is 809 g/mol. The molecule has 0 radical (unpaired) electrons. The summed E-state index contributed by atoms with van der Waals surface area (Å²) in [5.41, 5.74) is -14.3. The Bertz CT molecular complexity index is 1660. The number of methoxy groups -OCH3 is 2. The van der Waals surface area contributed by atoms with Gasteiger partial charge >= 0.3 is 51.4 Å². The van der Waals surface area contributed by atoms with Gasteiger partial charge in [0.25, 0.3) is 0 Å². The van der Waals surface area contributed by atoms with Crippen LogP contribution in [0.25, 0.3) is 0 Å². The summed E-state index contributed by atoms with van der Waals surface area (Å²) in [6, 6.07) is 0. The predicted octanol–water partition coefficient (Wildman–Crippen LogP) is 5.48. The Morgan fingerprint density at radius 1 is 0.269 bits per heavy atom. The van der Waals surface area contributed by atoms with Crippen molar-refractivity contribution in [3.05, 3.63) is 116 Å². The van der Waals surface area contributed by atoms with E-state index < -0.39 is 144 Å². The molecule has 0 N–H and O–H groups in total. The SMILES string of the molecule is COCCOC.Fc1c(F)c(F)c([B-](c2c(F)c(F)c(F)c(F)c2F)(c2c(F)c(F)c(F)c(F)c2F)c2c(F)c(F)c(F)c(F)c2F)c(F)c1F.[KH]. The molecule has 0 amide bonds. The molecule has 24 heteroatoms. The maximum absolute atomic E-state index is 15.4. The number of rotatable bonds is 7. The molecule has 0 saturated heterocycles.